The van der Waals surface area contributed by atoms with Gasteiger partial charge in [-0.05, 0) is 25.3 Å². The molecule has 1 fully saturated rings. The number of nitrogens with one attached hydrogen (secondary N) is 1. The Kier molecular flexibility index (Phi) is 4.46. The van der Waals surface area contributed by atoms with Crippen molar-refractivity contribution in [3.05, 3.63) is 58.4 Å². The highest BCUT2D eigenvalue weighted by atomic mass is 16.2. The molecular formula is C19H24N6O. The molecule has 1 aromatic carbocycles. The minimum Gasteiger partial charge on any atom is -0.299 e. The lowest BCUT2D eigenvalue weighted by atomic mass is 10.0. The molecule has 1 N–H and O–H groups in total. The number of aromatic amines is 1. The van der Waals surface area contributed by atoms with Gasteiger partial charge in [-0.25, -0.2) is 9.48 Å². The van der Waals surface area contributed by atoms with Crippen LogP contribution in [0.2, 0.25) is 0 Å². The van der Waals surface area contributed by atoms with Crippen molar-refractivity contribution in [2.45, 2.75) is 32.4 Å². The maximum absolute atomic E-state index is 12.3. The molecule has 1 aliphatic heterocycles. The van der Waals surface area contributed by atoms with Gasteiger partial charge in [0.15, 0.2) is 0 Å². The largest absolute Gasteiger partial charge is 0.345 e. The Morgan fingerprint density at radius 2 is 1.92 bits per heavy atom. The molecule has 2 aromatic heterocycles. The highest BCUT2D eigenvalue weighted by molar-refractivity contribution is 5.62. The average Bonchev–Trinajstić information content (AvgIpc) is 3.21. The zero-order valence-corrected chi connectivity index (χ0v) is 15.2. The summed E-state index contributed by atoms with van der Waals surface area (Å²) in [5.41, 5.74) is 3.45. The van der Waals surface area contributed by atoms with Gasteiger partial charge >= 0.3 is 5.69 Å². The normalized spacial score (nSPS) is 16.2. The Morgan fingerprint density at radius 1 is 1.19 bits per heavy atom. The lowest BCUT2D eigenvalue weighted by Gasteiger charge is -2.32. The molecule has 1 saturated heterocycles. The lowest BCUT2D eigenvalue weighted by Crippen LogP contribution is -2.37. The number of likely N-dealkylation sites (tertiary alicyclic amines) is 1. The van der Waals surface area contributed by atoms with Crippen molar-refractivity contribution in [1.29, 1.82) is 0 Å². The molecule has 136 valence electrons. The molecule has 7 heteroatoms. The van der Waals surface area contributed by atoms with Crippen molar-refractivity contribution < 1.29 is 0 Å². The fourth-order valence-corrected chi connectivity index (χ4v) is 3.89. The molecule has 0 amide bonds. The van der Waals surface area contributed by atoms with Gasteiger partial charge < -0.3 is 0 Å². The third kappa shape index (κ3) is 3.10. The molecule has 4 rings (SSSR count). The van der Waals surface area contributed by atoms with Crippen LogP contribution in [0.5, 0.6) is 0 Å². The topological polar surface area (TPSA) is 71.7 Å². The number of rotatable bonds is 4. The predicted octanol–water partition coefficient (Wildman–Crippen LogP) is 2.12. The van der Waals surface area contributed by atoms with Crippen LogP contribution < -0.4 is 5.69 Å². The third-order valence-corrected chi connectivity index (χ3v) is 5.22. The maximum Gasteiger partial charge on any atom is 0.345 e. The fraction of sp³-hybridized carbons (Fsp3) is 0.421. The maximum atomic E-state index is 12.3. The van der Waals surface area contributed by atoms with Crippen molar-refractivity contribution in [2.24, 2.45) is 7.05 Å². The number of benzene rings is 1. The van der Waals surface area contributed by atoms with Gasteiger partial charge in [-0.1, -0.05) is 30.3 Å². The summed E-state index contributed by atoms with van der Waals surface area (Å²) in [6.07, 6.45) is 3.85. The van der Waals surface area contributed by atoms with Gasteiger partial charge in [0.2, 0.25) is 0 Å². The highest BCUT2D eigenvalue weighted by Crippen LogP contribution is 2.26. The van der Waals surface area contributed by atoms with Crippen LogP contribution in [0.1, 0.15) is 30.3 Å². The van der Waals surface area contributed by atoms with Crippen LogP contribution in [0, 0.1) is 6.92 Å². The molecule has 26 heavy (non-hydrogen) atoms. The van der Waals surface area contributed by atoms with Crippen molar-refractivity contribution in [3.63, 3.8) is 0 Å². The standard InChI is InChI=1S/C19H24N6O/c1-14-22-23(2)19(26)25(14)17-8-10-24(11-9-17)13-16-12-20-21-18(16)15-6-4-3-5-7-15/h3-7,12,17H,8-11,13H2,1-2H3,(H,20,21). The Balaban J connectivity index is 1.44. The summed E-state index contributed by atoms with van der Waals surface area (Å²) in [5, 5.41) is 11.6. The zero-order chi connectivity index (χ0) is 18.1. The lowest BCUT2D eigenvalue weighted by molar-refractivity contribution is 0.177. The van der Waals surface area contributed by atoms with E-state index >= 15 is 0 Å². The van der Waals surface area contributed by atoms with Crippen molar-refractivity contribution in [3.8, 4) is 11.3 Å². The van der Waals surface area contributed by atoms with Gasteiger partial charge in [0.25, 0.3) is 0 Å². The summed E-state index contributed by atoms with van der Waals surface area (Å²) >= 11 is 0. The molecular weight excluding hydrogens is 328 g/mol. The third-order valence-electron chi connectivity index (χ3n) is 5.22. The van der Waals surface area contributed by atoms with Gasteiger partial charge in [-0.15, -0.1) is 0 Å². The van der Waals surface area contributed by atoms with Crippen LogP contribution in [0.25, 0.3) is 11.3 Å². The quantitative estimate of drug-likeness (QED) is 0.781. The van der Waals surface area contributed by atoms with Gasteiger partial charge in [0.1, 0.15) is 5.82 Å². The molecule has 0 saturated carbocycles. The SMILES string of the molecule is Cc1nn(C)c(=O)n1C1CCN(Cc2cn[nH]c2-c2ccccc2)CC1. The summed E-state index contributed by atoms with van der Waals surface area (Å²) in [4.78, 5) is 14.7. The van der Waals surface area contributed by atoms with Crippen molar-refractivity contribution in [1.82, 2.24) is 29.4 Å². The predicted molar refractivity (Wildman–Crippen MR) is 99.8 cm³/mol. The molecule has 1 aliphatic rings. The van der Waals surface area contributed by atoms with E-state index in [1.807, 2.05) is 35.9 Å². The van der Waals surface area contributed by atoms with E-state index < -0.39 is 0 Å². The van der Waals surface area contributed by atoms with E-state index in [0.29, 0.717) is 0 Å². The van der Waals surface area contributed by atoms with E-state index in [9.17, 15) is 4.79 Å². The van der Waals surface area contributed by atoms with E-state index in [1.165, 1.54) is 10.2 Å². The monoisotopic (exact) mass is 352 g/mol. The number of aryl methyl sites for hydroxylation is 2. The summed E-state index contributed by atoms with van der Waals surface area (Å²) in [5.74, 6) is 0.803. The number of nitrogens with zero attached hydrogens (tertiary/aromatic N) is 5. The van der Waals surface area contributed by atoms with Crippen LogP contribution in [0.15, 0.2) is 41.3 Å². The van der Waals surface area contributed by atoms with E-state index in [0.717, 1.165) is 49.6 Å². The molecule has 7 nitrogen and oxygen atoms in total. The van der Waals surface area contributed by atoms with Gasteiger partial charge in [-0.2, -0.15) is 10.2 Å². The van der Waals surface area contributed by atoms with Crippen LogP contribution in [0.3, 0.4) is 0 Å². The van der Waals surface area contributed by atoms with Crippen LogP contribution in [0.4, 0.5) is 0 Å². The van der Waals surface area contributed by atoms with Gasteiger partial charge in [-0.3, -0.25) is 14.6 Å². The van der Waals surface area contributed by atoms with E-state index in [1.54, 1.807) is 7.05 Å². The van der Waals surface area contributed by atoms with Crippen LogP contribution in [-0.4, -0.2) is 42.5 Å². The Hall–Kier alpha value is -2.67. The minimum absolute atomic E-state index is 0.0119. The molecule has 0 radical (unpaired) electrons. The van der Waals surface area contributed by atoms with Gasteiger partial charge in [0.05, 0.1) is 11.9 Å². The molecule has 3 heterocycles. The van der Waals surface area contributed by atoms with Crippen LogP contribution >= 0.6 is 0 Å². The second kappa shape index (κ2) is 6.92. The highest BCUT2D eigenvalue weighted by Gasteiger charge is 2.25. The first-order valence-electron chi connectivity index (χ1n) is 9.05. The van der Waals surface area contributed by atoms with Crippen molar-refractivity contribution in [2.75, 3.05) is 13.1 Å². The Morgan fingerprint density at radius 3 is 2.58 bits per heavy atom. The number of aromatic nitrogens is 5. The molecule has 0 atom stereocenters. The fourth-order valence-electron chi connectivity index (χ4n) is 3.89. The summed E-state index contributed by atoms with van der Waals surface area (Å²) in [6, 6.07) is 10.5. The smallest absolute Gasteiger partial charge is 0.299 e. The van der Waals surface area contributed by atoms with E-state index in [-0.39, 0.29) is 11.7 Å². The Labute approximate surface area is 152 Å². The first kappa shape index (κ1) is 16.8. The van der Waals surface area contributed by atoms with Crippen LogP contribution in [-0.2, 0) is 13.6 Å². The number of hydrogen-bond donors (Lipinski definition) is 1. The summed E-state index contributed by atoms with van der Waals surface area (Å²) < 4.78 is 3.28. The average molecular weight is 352 g/mol. The molecule has 0 unspecified atom stereocenters. The number of H-pyrrole nitrogens is 1. The first-order valence-corrected chi connectivity index (χ1v) is 9.05. The second-order valence-corrected chi connectivity index (χ2v) is 6.97. The Bertz CT molecular complexity index is 931. The van der Waals surface area contributed by atoms with Crippen molar-refractivity contribution >= 4 is 0 Å². The number of hydrogen-bond acceptors (Lipinski definition) is 4. The van der Waals surface area contributed by atoms with Gasteiger partial charge in [0, 0.05) is 38.3 Å². The number of piperidine rings is 1. The van der Waals surface area contributed by atoms with E-state index in [4.69, 9.17) is 0 Å². The molecule has 0 bridgehead atoms. The molecule has 3 aromatic rings. The molecule has 0 spiro atoms. The minimum atomic E-state index is -0.0119. The molecule has 0 aliphatic carbocycles. The zero-order valence-electron chi connectivity index (χ0n) is 15.2. The second-order valence-electron chi connectivity index (χ2n) is 6.97. The summed E-state index contributed by atoms with van der Waals surface area (Å²) in [6.45, 7) is 4.70. The first-order chi connectivity index (χ1) is 12.6. The summed E-state index contributed by atoms with van der Waals surface area (Å²) in [7, 11) is 1.71. The van der Waals surface area contributed by atoms with E-state index in [2.05, 4.69) is 32.3 Å².